The lowest BCUT2D eigenvalue weighted by Gasteiger charge is -2.23. The van der Waals surface area contributed by atoms with Crippen LogP contribution in [0.1, 0.15) is 24.1 Å². The molecule has 198 valence electrons. The fraction of sp³-hybridized carbons (Fsp3) is 0.167. The summed E-state index contributed by atoms with van der Waals surface area (Å²) in [6, 6.07) is 18.2. The summed E-state index contributed by atoms with van der Waals surface area (Å²) in [5.41, 5.74) is 1.58. The van der Waals surface area contributed by atoms with Crippen LogP contribution in [0.2, 0.25) is 0 Å². The van der Waals surface area contributed by atoms with E-state index in [-0.39, 0.29) is 17.9 Å². The molecule has 0 saturated carbocycles. The Kier molecular flexibility index (Phi) is 7.33. The smallest absolute Gasteiger partial charge is 0.301 e. The maximum atomic E-state index is 13.5. The molecule has 1 saturated heterocycles. The SMILES string of the molecule is C=CCOc1cccc(C2C(=C(O)c3ccc(OC)cc3)C(=O)C(=O)N2c2nc3ccc(OCC)cc3s2)c1. The van der Waals surface area contributed by atoms with Gasteiger partial charge in [0.2, 0.25) is 0 Å². The summed E-state index contributed by atoms with van der Waals surface area (Å²) in [6.45, 7) is 6.38. The number of Topliss-reactive ketones (excluding diaryl/α,β-unsaturated/α-hetero) is 1. The molecule has 1 atom stereocenters. The Hall–Kier alpha value is -4.63. The van der Waals surface area contributed by atoms with Gasteiger partial charge in [-0.2, -0.15) is 0 Å². The van der Waals surface area contributed by atoms with Crippen LogP contribution in [-0.2, 0) is 9.59 Å². The van der Waals surface area contributed by atoms with Crippen LogP contribution < -0.4 is 19.1 Å². The molecule has 1 amide bonds. The molecule has 2 heterocycles. The molecule has 1 fully saturated rings. The Bertz CT molecular complexity index is 1590. The van der Waals surface area contributed by atoms with Gasteiger partial charge in [0, 0.05) is 5.56 Å². The second kappa shape index (κ2) is 11.0. The lowest BCUT2D eigenvalue weighted by Crippen LogP contribution is -2.29. The summed E-state index contributed by atoms with van der Waals surface area (Å²) in [5, 5.41) is 11.7. The maximum Gasteiger partial charge on any atom is 0.301 e. The Morgan fingerprint density at radius 2 is 1.79 bits per heavy atom. The number of thiazole rings is 1. The summed E-state index contributed by atoms with van der Waals surface area (Å²) >= 11 is 1.27. The number of aliphatic hydroxyl groups is 1. The number of carbonyl (C=O) groups excluding carboxylic acids is 2. The van der Waals surface area contributed by atoms with Crippen LogP contribution in [0.15, 0.2) is 85.0 Å². The van der Waals surface area contributed by atoms with Gasteiger partial charge in [-0.25, -0.2) is 4.98 Å². The number of hydrogen-bond donors (Lipinski definition) is 1. The number of ketones is 1. The topological polar surface area (TPSA) is 98.2 Å². The maximum absolute atomic E-state index is 13.5. The van der Waals surface area contributed by atoms with Gasteiger partial charge in [-0.15, -0.1) is 0 Å². The van der Waals surface area contributed by atoms with Crippen molar-refractivity contribution < 1.29 is 28.9 Å². The van der Waals surface area contributed by atoms with E-state index in [9.17, 15) is 14.7 Å². The minimum Gasteiger partial charge on any atom is -0.507 e. The molecule has 1 aliphatic heterocycles. The zero-order valence-electron chi connectivity index (χ0n) is 21.4. The Morgan fingerprint density at radius 1 is 1.05 bits per heavy atom. The van der Waals surface area contributed by atoms with Crippen LogP contribution in [0.5, 0.6) is 17.2 Å². The molecule has 1 N–H and O–H groups in total. The summed E-state index contributed by atoms with van der Waals surface area (Å²) in [5.74, 6) is -0.0628. The van der Waals surface area contributed by atoms with Crippen molar-refractivity contribution in [1.29, 1.82) is 0 Å². The fourth-order valence-electron chi connectivity index (χ4n) is 4.43. The average molecular weight is 543 g/mol. The molecule has 0 radical (unpaired) electrons. The van der Waals surface area contributed by atoms with Crippen LogP contribution in [-0.4, -0.2) is 42.1 Å². The van der Waals surface area contributed by atoms with Crippen molar-refractivity contribution in [3.63, 3.8) is 0 Å². The van der Waals surface area contributed by atoms with Gasteiger partial charge in [-0.1, -0.05) is 36.1 Å². The second-order valence-electron chi connectivity index (χ2n) is 8.63. The predicted molar refractivity (Wildman–Crippen MR) is 151 cm³/mol. The average Bonchev–Trinajstić information content (AvgIpc) is 3.49. The van der Waals surface area contributed by atoms with E-state index in [4.69, 9.17) is 14.2 Å². The van der Waals surface area contributed by atoms with Crippen molar-refractivity contribution in [3.8, 4) is 17.2 Å². The lowest BCUT2D eigenvalue weighted by molar-refractivity contribution is -0.132. The number of ether oxygens (including phenoxy) is 3. The van der Waals surface area contributed by atoms with Gasteiger partial charge in [0.15, 0.2) is 5.13 Å². The number of aromatic nitrogens is 1. The number of amides is 1. The highest BCUT2D eigenvalue weighted by molar-refractivity contribution is 7.22. The number of carbonyl (C=O) groups is 2. The number of benzene rings is 3. The molecule has 1 aliphatic rings. The van der Waals surface area contributed by atoms with Gasteiger partial charge in [0.25, 0.3) is 5.78 Å². The number of hydrogen-bond acceptors (Lipinski definition) is 8. The van der Waals surface area contributed by atoms with E-state index in [0.717, 1.165) is 4.70 Å². The third-order valence-corrected chi connectivity index (χ3v) is 7.23. The largest absolute Gasteiger partial charge is 0.507 e. The predicted octanol–water partition coefficient (Wildman–Crippen LogP) is 5.89. The van der Waals surface area contributed by atoms with Crippen molar-refractivity contribution in [3.05, 3.63) is 96.1 Å². The summed E-state index contributed by atoms with van der Waals surface area (Å²) in [6.07, 6.45) is 1.63. The molecule has 0 spiro atoms. The number of methoxy groups -OCH3 is 1. The number of nitrogens with zero attached hydrogens (tertiary/aromatic N) is 2. The van der Waals surface area contributed by atoms with E-state index in [1.807, 2.05) is 25.1 Å². The van der Waals surface area contributed by atoms with E-state index in [1.165, 1.54) is 23.3 Å². The first-order valence-electron chi connectivity index (χ1n) is 12.3. The van der Waals surface area contributed by atoms with E-state index < -0.39 is 17.7 Å². The normalized spacial score (nSPS) is 16.5. The van der Waals surface area contributed by atoms with Crippen molar-refractivity contribution in [2.45, 2.75) is 13.0 Å². The fourth-order valence-corrected chi connectivity index (χ4v) is 5.45. The second-order valence-corrected chi connectivity index (χ2v) is 9.64. The van der Waals surface area contributed by atoms with Crippen molar-refractivity contribution in [2.75, 3.05) is 25.2 Å². The van der Waals surface area contributed by atoms with E-state index >= 15 is 0 Å². The summed E-state index contributed by atoms with van der Waals surface area (Å²) < 4.78 is 17.3. The molecule has 39 heavy (non-hydrogen) atoms. The standard InChI is InChI=1S/C30H26N2O6S/c1-4-15-38-21-8-6-7-19(16-21)26-25(27(33)18-9-11-20(36-3)12-10-18)28(34)29(35)32(26)30-31-23-14-13-22(37-5-2)17-24(23)39-30/h4,6-14,16-17,26,33H,1,5,15H2,2-3H3. The molecule has 0 aliphatic carbocycles. The monoisotopic (exact) mass is 542 g/mol. The minimum absolute atomic E-state index is 0.0414. The number of anilines is 1. The molecule has 5 rings (SSSR count). The van der Waals surface area contributed by atoms with Crippen LogP contribution in [0.4, 0.5) is 5.13 Å². The molecule has 4 aromatic rings. The zero-order chi connectivity index (χ0) is 27.5. The quantitative estimate of drug-likeness (QED) is 0.122. The lowest BCUT2D eigenvalue weighted by atomic mass is 9.95. The van der Waals surface area contributed by atoms with Gasteiger partial charge in [-0.3, -0.25) is 14.5 Å². The molecule has 3 aromatic carbocycles. The highest BCUT2D eigenvalue weighted by atomic mass is 32.1. The van der Waals surface area contributed by atoms with Gasteiger partial charge in [0.05, 0.1) is 35.5 Å². The van der Waals surface area contributed by atoms with Gasteiger partial charge in [0.1, 0.15) is 29.6 Å². The molecule has 1 aromatic heterocycles. The summed E-state index contributed by atoms with van der Waals surface area (Å²) in [7, 11) is 1.54. The van der Waals surface area contributed by atoms with Crippen LogP contribution in [0, 0.1) is 0 Å². The number of rotatable bonds is 9. The Morgan fingerprint density at radius 3 is 2.51 bits per heavy atom. The van der Waals surface area contributed by atoms with Crippen molar-refractivity contribution in [1.82, 2.24) is 4.98 Å². The first-order chi connectivity index (χ1) is 18.9. The minimum atomic E-state index is -0.939. The third-order valence-electron chi connectivity index (χ3n) is 6.22. The Labute approximate surface area is 229 Å². The molecule has 8 nitrogen and oxygen atoms in total. The highest BCUT2D eigenvalue weighted by Crippen LogP contribution is 2.45. The van der Waals surface area contributed by atoms with E-state index in [0.29, 0.717) is 45.6 Å². The van der Waals surface area contributed by atoms with Gasteiger partial charge >= 0.3 is 5.91 Å². The summed E-state index contributed by atoms with van der Waals surface area (Å²) in [4.78, 5) is 33.1. The highest BCUT2D eigenvalue weighted by Gasteiger charge is 2.48. The molecule has 1 unspecified atom stereocenters. The van der Waals surface area contributed by atoms with Crippen LogP contribution in [0.3, 0.4) is 0 Å². The van der Waals surface area contributed by atoms with Crippen LogP contribution in [0.25, 0.3) is 16.0 Å². The third kappa shape index (κ3) is 4.96. The van der Waals surface area contributed by atoms with Gasteiger partial charge < -0.3 is 19.3 Å². The number of aliphatic hydroxyl groups excluding tert-OH is 1. The first-order valence-corrected chi connectivity index (χ1v) is 13.1. The first kappa shape index (κ1) is 26.0. The molecular formula is C30H26N2O6S. The van der Waals surface area contributed by atoms with Crippen LogP contribution >= 0.6 is 11.3 Å². The molecule has 0 bridgehead atoms. The molecular weight excluding hydrogens is 516 g/mol. The van der Waals surface area contributed by atoms with Crippen molar-refractivity contribution >= 4 is 44.1 Å². The number of fused-ring (bicyclic) bond motifs is 1. The van der Waals surface area contributed by atoms with E-state index in [1.54, 1.807) is 54.6 Å². The molecule has 9 heteroatoms. The van der Waals surface area contributed by atoms with E-state index in [2.05, 4.69) is 11.6 Å². The van der Waals surface area contributed by atoms with Crippen molar-refractivity contribution in [2.24, 2.45) is 0 Å². The van der Waals surface area contributed by atoms with Gasteiger partial charge in [-0.05, 0) is 67.1 Å². The Balaban J connectivity index is 1.67. The zero-order valence-corrected chi connectivity index (χ0v) is 22.2.